The third-order valence-electron chi connectivity index (χ3n) is 2.53. The Morgan fingerprint density at radius 3 is 2.58 bits per heavy atom. The minimum absolute atomic E-state index is 0.0803. The monoisotopic (exact) mass is 295 g/mol. The molecule has 0 aliphatic carbocycles. The fourth-order valence-electron chi connectivity index (χ4n) is 1.69. The molecule has 0 saturated carbocycles. The topological polar surface area (TPSA) is 74.2 Å². The summed E-state index contributed by atoms with van der Waals surface area (Å²) >= 11 is 0. The molecule has 4 unspecified atom stereocenters. The molecule has 1 aliphatic rings. The van der Waals surface area contributed by atoms with Crippen LogP contribution in [0, 0.1) is 0 Å². The molecule has 1 heterocycles. The first-order valence-corrected chi connectivity index (χ1v) is 7.70. The lowest BCUT2D eigenvalue weighted by molar-refractivity contribution is -0.143. The van der Waals surface area contributed by atoms with E-state index in [-0.39, 0.29) is 24.9 Å². The molecule has 0 aromatic carbocycles. The minimum atomic E-state index is -2.21. The van der Waals surface area contributed by atoms with Crippen LogP contribution < -0.4 is 0 Å². The van der Waals surface area contributed by atoms with Crippen molar-refractivity contribution >= 4 is 8.25 Å². The second kappa shape index (κ2) is 8.25. The third kappa shape index (κ3) is 6.75. The lowest BCUT2D eigenvalue weighted by Crippen LogP contribution is -2.44. The van der Waals surface area contributed by atoms with Gasteiger partial charge >= 0.3 is 8.25 Å². The number of aliphatic hydroxyl groups is 1. The summed E-state index contributed by atoms with van der Waals surface area (Å²) in [6.07, 6.45) is -1.15. The highest BCUT2D eigenvalue weighted by atomic mass is 31.1. The zero-order chi connectivity index (χ0) is 14.4. The van der Waals surface area contributed by atoms with E-state index < -0.39 is 20.5 Å². The zero-order valence-corrected chi connectivity index (χ0v) is 12.8. The SMILES string of the molecule is CC(C)OCC1OCC(O)CC1O[P+](=O)OC(C)C. The number of aliphatic hydroxyl groups excluding tert-OH is 1. The van der Waals surface area contributed by atoms with Crippen LogP contribution in [-0.4, -0.2) is 48.8 Å². The maximum Gasteiger partial charge on any atom is 0.698 e. The standard InChI is InChI=1S/C12H24O6P/c1-8(2)15-7-12-11(5-10(13)6-16-12)18-19(14)17-9(3)4/h8-13H,5-7H2,1-4H3/q+1. The Morgan fingerprint density at radius 2 is 2.00 bits per heavy atom. The molecule has 1 fully saturated rings. The molecule has 0 spiro atoms. The lowest BCUT2D eigenvalue weighted by Gasteiger charge is -2.30. The Hall–Kier alpha value is -0.100. The Bertz CT molecular complexity index is 283. The van der Waals surface area contributed by atoms with Crippen molar-refractivity contribution in [1.29, 1.82) is 0 Å². The maximum absolute atomic E-state index is 11.6. The summed E-state index contributed by atoms with van der Waals surface area (Å²) in [7, 11) is -2.21. The van der Waals surface area contributed by atoms with Crippen molar-refractivity contribution in [3.8, 4) is 0 Å². The Balaban J connectivity index is 2.50. The van der Waals surface area contributed by atoms with Gasteiger partial charge in [-0.2, -0.15) is 0 Å². The van der Waals surface area contributed by atoms with E-state index in [0.717, 1.165) is 0 Å². The first-order chi connectivity index (χ1) is 8.88. The van der Waals surface area contributed by atoms with Crippen molar-refractivity contribution in [2.24, 2.45) is 0 Å². The highest BCUT2D eigenvalue weighted by molar-refractivity contribution is 7.33. The lowest BCUT2D eigenvalue weighted by atomic mass is 10.0. The third-order valence-corrected chi connectivity index (χ3v) is 3.57. The Labute approximate surface area is 115 Å². The predicted octanol–water partition coefficient (Wildman–Crippen LogP) is 2.03. The summed E-state index contributed by atoms with van der Waals surface area (Å²) in [5, 5.41) is 9.59. The molecule has 6 nitrogen and oxygen atoms in total. The van der Waals surface area contributed by atoms with Crippen LogP contribution in [0.3, 0.4) is 0 Å². The van der Waals surface area contributed by atoms with Gasteiger partial charge in [-0.15, -0.1) is 9.05 Å². The highest BCUT2D eigenvalue weighted by Crippen LogP contribution is 2.32. The second-order valence-electron chi connectivity index (χ2n) is 5.17. The quantitative estimate of drug-likeness (QED) is 0.724. The number of rotatable bonds is 7. The van der Waals surface area contributed by atoms with Gasteiger partial charge in [-0.1, -0.05) is 0 Å². The second-order valence-corrected chi connectivity index (χ2v) is 6.03. The maximum atomic E-state index is 11.6. The molecule has 7 heteroatoms. The Morgan fingerprint density at radius 1 is 1.32 bits per heavy atom. The van der Waals surface area contributed by atoms with Gasteiger partial charge in [-0.25, -0.2) is 0 Å². The molecular formula is C12H24O6P+. The van der Waals surface area contributed by atoms with Crippen molar-refractivity contribution in [3.63, 3.8) is 0 Å². The molecule has 0 bridgehead atoms. The zero-order valence-electron chi connectivity index (χ0n) is 11.9. The van der Waals surface area contributed by atoms with E-state index in [9.17, 15) is 9.67 Å². The summed E-state index contributed by atoms with van der Waals surface area (Å²) in [6.45, 7) is 8.00. The van der Waals surface area contributed by atoms with Gasteiger partial charge in [0.05, 0.1) is 25.4 Å². The van der Waals surface area contributed by atoms with Gasteiger partial charge < -0.3 is 14.6 Å². The van der Waals surface area contributed by atoms with E-state index in [0.29, 0.717) is 13.0 Å². The minimum Gasteiger partial charge on any atom is -0.391 e. The van der Waals surface area contributed by atoms with Gasteiger partial charge in [0.2, 0.25) is 0 Å². The molecule has 1 aliphatic heterocycles. The summed E-state index contributed by atoms with van der Waals surface area (Å²) < 4.78 is 33.0. The molecule has 0 aromatic heterocycles. The molecule has 1 saturated heterocycles. The van der Waals surface area contributed by atoms with Gasteiger partial charge in [0.25, 0.3) is 0 Å². The molecule has 112 valence electrons. The number of hydrogen-bond donors (Lipinski definition) is 1. The van der Waals surface area contributed by atoms with Crippen LogP contribution in [0.4, 0.5) is 0 Å². The van der Waals surface area contributed by atoms with Crippen molar-refractivity contribution in [1.82, 2.24) is 0 Å². The van der Waals surface area contributed by atoms with Crippen LogP contribution >= 0.6 is 8.25 Å². The van der Waals surface area contributed by atoms with Gasteiger partial charge in [0, 0.05) is 11.0 Å². The average molecular weight is 295 g/mol. The van der Waals surface area contributed by atoms with Crippen molar-refractivity contribution in [2.45, 2.75) is 64.6 Å². The summed E-state index contributed by atoms with van der Waals surface area (Å²) in [5.74, 6) is 0. The smallest absolute Gasteiger partial charge is 0.391 e. The predicted molar refractivity (Wildman–Crippen MR) is 70.2 cm³/mol. The summed E-state index contributed by atoms with van der Waals surface area (Å²) in [6, 6.07) is 0. The van der Waals surface area contributed by atoms with E-state index in [2.05, 4.69) is 0 Å². The van der Waals surface area contributed by atoms with Crippen LogP contribution in [0.5, 0.6) is 0 Å². The first-order valence-electron chi connectivity index (χ1n) is 6.60. The average Bonchev–Trinajstić information content (AvgIpc) is 2.26. The van der Waals surface area contributed by atoms with E-state index >= 15 is 0 Å². The van der Waals surface area contributed by atoms with Gasteiger partial charge in [0.15, 0.2) is 0 Å². The van der Waals surface area contributed by atoms with Gasteiger partial charge in [-0.3, -0.25) is 0 Å². The van der Waals surface area contributed by atoms with Crippen LogP contribution in [0.15, 0.2) is 0 Å². The number of hydrogen-bond acceptors (Lipinski definition) is 6. The summed E-state index contributed by atoms with van der Waals surface area (Å²) in [4.78, 5) is 0. The molecule has 19 heavy (non-hydrogen) atoms. The fraction of sp³-hybridized carbons (Fsp3) is 1.00. The normalized spacial score (nSPS) is 29.0. The van der Waals surface area contributed by atoms with Gasteiger partial charge in [0.1, 0.15) is 18.3 Å². The van der Waals surface area contributed by atoms with E-state index in [4.69, 9.17) is 18.5 Å². The van der Waals surface area contributed by atoms with Crippen LogP contribution in [-0.2, 0) is 23.1 Å². The van der Waals surface area contributed by atoms with E-state index in [1.54, 1.807) is 13.8 Å². The fourth-order valence-corrected chi connectivity index (χ4v) is 2.53. The largest absolute Gasteiger partial charge is 0.698 e. The molecule has 0 amide bonds. The number of ether oxygens (including phenoxy) is 2. The van der Waals surface area contributed by atoms with Crippen LogP contribution in [0.2, 0.25) is 0 Å². The van der Waals surface area contributed by atoms with Gasteiger partial charge in [-0.05, 0) is 27.7 Å². The summed E-state index contributed by atoms with van der Waals surface area (Å²) in [5.41, 5.74) is 0. The van der Waals surface area contributed by atoms with Crippen LogP contribution in [0.25, 0.3) is 0 Å². The van der Waals surface area contributed by atoms with Crippen molar-refractivity contribution in [2.75, 3.05) is 13.2 Å². The van der Waals surface area contributed by atoms with Crippen molar-refractivity contribution < 1.29 is 28.2 Å². The first kappa shape index (κ1) is 17.0. The van der Waals surface area contributed by atoms with E-state index in [1.807, 2.05) is 13.8 Å². The van der Waals surface area contributed by atoms with Crippen LogP contribution in [0.1, 0.15) is 34.1 Å². The highest BCUT2D eigenvalue weighted by Gasteiger charge is 2.39. The van der Waals surface area contributed by atoms with E-state index in [1.165, 1.54) is 0 Å². The van der Waals surface area contributed by atoms with Crippen molar-refractivity contribution in [3.05, 3.63) is 0 Å². The Kier molecular flexibility index (Phi) is 7.36. The molecular weight excluding hydrogens is 271 g/mol. The molecule has 0 radical (unpaired) electrons. The molecule has 0 aromatic rings. The molecule has 4 atom stereocenters. The molecule has 1 N–H and O–H groups in total. The molecule has 1 rings (SSSR count).